The fraction of sp³-hybridized carbons (Fsp3) is 0.500. The molecule has 0 radical (unpaired) electrons. The lowest BCUT2D eigenvalue weighted by molar-refractivity contribution is 0.554. The molecular weight excluding hydrogens is 229 g/mol. The van der Waals surface area contributed by atoms with E-state index in [-0.39, 0.29) is 11.4 Å². The van der Waals surface area contributed by atoms with Gasteiger partial charge in [-0.1, -0.05) is 25.3 Å². The minimum atomic E-state index is -0.401. The highest BCUT2D eigenvalue weighted by Gasteiger charge is 2.17. The van der Waals surface area contributed by atoms with Crippen LogP contribution >= 0.6 is 0 Å². The first-order chi connectivity index (χ1) is 8.70. The predicted octanol–water partition coefficient (Wildman–Crippen LogP) is 2.88. The lowest BCUT2D eigenvalue weighted by Crippen LogP contribution is -2.30. The third-order valence-electron chi connectivity index (χ3n) is 3.46. The van der Waals surface area contributed by atoms with Crippen molar-refractivity contribution in [2.24, 2.45) is 5.73 Å². The number of nitrogen functional groups attached to an aromatic ring is 1. The standard InChI is InChI=1S/C14H20FN3/c15-11-7-6-8-12(13(11)14(16)17)18-9-4-2-1-3-5-10-18/h6-8H,1-5,9-10H2,(H3,16,17). The smallest absolute Gasteiger partial charge is 0.136 e. The highest BCUT2D eigenvalue weighted by atomic mass is 19.1. The average Bonchev–Trinajstić information content (AvgIpc) is 2.27. The number of rotatable bonds is 2. The molecule has 0 aliphatic carbocycles. The van der Waals surface area contributed by atoms with Gasteiger partial charge in [0.05, 0.1) is 11.3 Å². The van der Waals surface area contributed by atoms with Gasteiger partial charge in [0.1, 0.15) is 11.7 Å². The Morgan fingerprint density at radius 2 is 1.72 bits per heavy atom. The zero-order valence-corrected chi connectivity index (χ0v) is 10.6. The minimum Gasteiger partial charge on any atom is -0.384 e. The molecule has 0 atom stereocenters. The van der Waals surface area contributed by atoms with Crippen molar-refractivity contribution in [2.75, 3.05) is 18.0 Å². The summed E-state index contributed by atoms with van der Waals surface area (Å²) in [5.41, 5.74) is 6.52. The molecule has 0 amide bonds. The number of nitrogens with zero attached hydrogens (tertiary/aromatic N) is 1. The Hall–Kier alpha value is -1.58. The van der Waals surface area contributed by atoms with E-state index in [0.29, 0.717) is 0 Å². The van der Waals surface area contributed by atoms with Gasteiger partial charge >= 0.3 is 0 Å². The van der Waals surface area contributed by atoms with Crippen molar-refractivity contribution < 1.29 is 4.39 Å². The second kappa shape index (κ2) is 5.85. The molecule has 2 rings (SSSR count). The molecule has 3 N–H and O–H groups in total. The normalized spacial score (nSPS) is 17.1. The van der Waals surface area contributed by atoms with Gasteiger partial charge in [0.15, 0.2) is 0 Å². The number of anilines is 1. The van der Waals surface area contributed by atoms with E-state index in [1.54, 1.807) is 6.07 Å². The zero-order valence-electron chi connectivity index (χ0n) is 10.6. The Morgan fingerprint density at radius 3 is 2.33 bits per heavy atom. The summed E-state index contributed by atoms with van der Waals surface area (Å²) in [5.74, 6) is -0.591. The van der Waals surface area contributed by atoms with Crippen LogP contribution in [0.15, 0.2) is 18.2 Å². The van der Waals surface area contributed by atoms with Crippen LogP contribution in [-0.4, -0.2) is 18.9 Å². The fourth-order valence-electron chi connectivity index (χ4n) is 2.53. The maximum Gasteiger partial charge on any atom is 0.136 e. The zero-order chi connectivity index (χ0) is 13.0. The molecule has 98 valence electrons. The number of halogens is 1. The molecule has 1 aromatic rings. The van der Waals surface area contributed by atoms with Crippen molar-refractivity contribution in [3.05, 3.63) is 29.6 Å². The number of hydrogen-bond acceptors (Lipinski definition) is 2. The Bertz CT molecular complexity index is 423. The monoisotopic (exact) mass is 249 g/mol. The number of nitrogens with one attached hydrogen (secondary N) is 1. The number of nitrogens with two attached hydrogens (primary N) is 1. The van der Waals surface area contributed by atoms with Gasteiger partial charge in [-0.3, -0.25) is 5.41 Å². The van der Waals surface area contributed by atoms with Gasteiger partial charge in [0, 0.05) is 13.1 Å². The Kier molecular flexibility index (Phi) is 4.18. The summed E-state index contributed by atoms with van der Waals surface area (Å²) in [6.45, 7) is 1.84. The maximum atomic E-state index is 13.8. The van der Waals surface area contributed by atoms with Crippen LogP contribution in [0.4, 0.5) is 10.1 Å². The summed E-state index contributed by atoms with van der Waals surface area (Å²) in [6.07, 6.45) is 5.97. The van der Waals surface area contributed by atoms with Gasteiger partial charge in [0.25, 0.3) is 0 Å². The van der Waals surface area contributed by atoms with Crippen molar-refractivity contribution >= 4 is 11.5 Å². The molecule has 0 spiro atoms. The summed E-state index contributed by atoms with van der Waals surface area (Å²) >= 11 is 0. The second-order valence-corrected chi connectivity index (χ2v) is 4.80. The highest BCUT2D eigenvalue weighted by molar-refractivity contribution is 6.00. The first-order valence-electron chi connectivity index (χ1n) is 6.58. The number of benzene rings is 1. The van der Waals surface area contributed by atoms with Gasteiger partial charge in [-0.25, -0.2) is 4.39 Å². The summed E-state index contributed by atoms with van der Waals surface area (Å²) in [5, 5.41) is 7.54. The molecule has 0 bridgehead atoms. The maximum absolute atomic E-state index is 13.8. The molecule has 1 aromatic carbocycles. The quantitative estimate of drug-likeness (QED) is 0.625. The molecule has 18 heavy (non-hydrogen) atoms. The summed E-state index contributed by atoms with van der Waals surface area (Å²) in [4.78, 5) is 2.17. The van der Waals surface area contributed by atoms with Crippen LogP contribution in [0.2, 0.25) is 0 Å². The third kappa shape index (κ3) is 2.81. The largest absolute Gasteiger partial charge is 0.384 e. The van der Waals surface area contributed by atoms with Gasteiger partial charge < -0.3 is 10.6 Å². The summed E-state index contributed by atoms with van der Waals surface area (Å²) in [7, 11) is 0. The van der Waals surface area contributed by atoms with Crippen molar-refractivity contribution in [3.63, 3.8) is 0 Å². The van der Waals surface area contributed by atoms with E-state index >= 15 is 0 Å². The van der Waals surface area contributed by atoms with Gasteiger partial charge in [-0.2, -0.15) is 0 Å². The Labute approximate surface area is 107 Å². The van der Waals surface area contributed by atoms with Crippen molar-refractivity contribution in [1.29, 1.82) is 5.41 Å². The van der Waals surface area contributed by atoms with E-state index < -0.39 is 5.82 Å². The van der Waals surface area contributed by atoms with Crippen LogP contribution in [0, 0.1) is 11.2 Å². The average molecular weight is 249 g/mol. The van der Waals surface area contributed by atoms with Crippen molar-refractivity contribution in [2.45, 2.75) is 32.1 Å². The first-order valence-corrected chi connectivity index (χ1v) is 6.58. The summed E-state index contributed by atoms with van der Waals surface area (Å²) in [6, 6.07) is 4.92. The predicted molar refractivity (Wildman–Crippen MR) is 72.7 cm³/mol. The molecule has 1 aliphatic heterocycles. The number of hydrogen-bond donors (Lipinski definition) is 2. The van der Waals surface area contributed by atoms with E-state index in [2.05, 4.69) is 4.90 Å². The van der Waals surface area contributed by atoms with E-state index in [1.807, 2.05) is 6.07 Å². The second-order valence-electron chi connectivity index (χ2n) is 4.80. The van der Waals surface area contributed by atoms with Crippen LogP contribution in [-0.2, 0) is 0 Å². The lowest BCUT2D eigenvalue weighted by atomic mass is 10.1. The molecule has 0 saturated carbocycles. The van der Waals surface area contributed by atoms with Crippen LogP contribution in [0.3, 0.4) is 0 Å². The minimum absolute atomic E-state index is 0.190. The van der Waals surface area contributed by atoms with Gasteiger partial charge in [-0.15, -0.1) is 0 Å². The molecule has 0 aromatic heterocycles. The summed E-state index contributed by atoms with van der Waals surface area (Å²) < 4.78 is 13.8. The molecule has 1 aliphatic rings. The number of amidine groups is 1. The molecule has 0 unspecified atom stereocenters. The van der Waals surface area contributed by atoms with E-state index in [1.165, 1.54) is 25.3 Å². The SMILES string of the molecule is N=C(N)c1c(F)cccc1N1CCCCCCC1. The molecule has 3 nitrogen and oxygen atoms in total. The van der Waals surface area contributed by atoms with Crippen molar-refractivity contribution in [3.8, 4) is 0 Å². The molecule has 1 heterocycles. The lowest BCUT2D eigenvalue weighted by Gasteiger charge is -2.28. The van der Waals surface area contributed by atoms with Crippen molar-refractivity contribution in [1.82, 2.24) is 0 Å². The van der Waals surface area contributed by atoms with Gasteiger partial charge in [-0.05, 0) is 25.0 Å². The van der Waals surface area contributed by atoms with E-state index in [0.717, 1.165) is 31.6 Å². The topological polar surface area (TPSA) is 53.1 Å². The highest BCUT2D eigenvalue weighted by Crippen LogP contribution is 2.25. The van der Waals surface area contributed by atoms with Crippen LogP contribution < -0.4 is 10.6 Å². The van der Waals surface area contributed by atoms with Crippen LogP contribution in [0.5, 0.6) is 0 Å². The molecule has 1 fully saturated rings. The van der Waals surface area contributed by atoms with Gasteiger partial charge in [0.2, 0.25) is 0 Å². The van der Waals surface area contributed by atoms with Crippen LogP contribution in [0.1, 0.15) is 37.7 Å². The fourth-order valence-corrected chi connectivity index (χ4v) is 2.53. The molecule has 4 heteroatoms. The molecule has 1 saturated heterocycles. The van der Waals surface area contributed by atoms with E-state index in [4.69, 9.17) is 11.1 Å². The molecular formula is C14H20FN3. The Morgan fingerprint density at radius 1 is 1.11 bits per heavy atom. The first kappa shape index (κ1) is 12.9. The van der Waals surface area contributed by atoms with Crippen LogP contribution in [0.25, 0.3) is 0 Å². The Balaban J connectivity index is 2.30. The third-order valence-corrected chi connectivity index (χ3v) is 3.46. The van der Waals surface area contributed by atoms with E-state index in [9.17, 15) is 4.39 Å².